The van der Waals surface area contributed by atoms with Crippen LogP contribution in [0.3, 0.4) is 0 Å². The molecule has 0 saturated carbocycles. The lowest BCUT2D eigenvalue weighted by Gasteiger charge is -2.10. The standard InChI is InChI=1S/C17H16N4O3/c22-17(20-14-6-2-7-15(11-14)21(23)24)19-13-5-1-4-12(10-13)16-8-3-9-18-16/h1-2,4-8,10-11,18H,3,9H2,(H2,19,20,22). The van der Waals surface area contributed by atoms with E-state index in [1.807, 2.05) is 18.2 Å². The number of non-ortho nitro benzene ring substituents is 1. The van der Waals surface area contributed by atoms with E-state index in [9.17, 15) is 14.9 Å². The Morgan fingerprint density at radius 3 is 2.46 bits per heavy atom. The summed E-state index contributed by atoms with van der Waals surface area (Å²) in [4.78, 5) is 22.3. The van der Waals surface area contributed by atoms with Gasteiger partial charge in [-0.2, -0.15) is 0 Å². The second kappa shape index (κ2) is 6.82. The van der Waals surface area contributed by atoms with Gasteiger partial charge in [0, 0.05) is 35.7 Å². The number of anilines is 2. The Kier molecular flexibility index (Phi) is 4.42. The van der Waals surface area contributed by atoms with Crippen molar-refractivity contribution in [2.45, 2.75) is 6.42 Å². The molecule has 1 aliphatic heterocycles. The van der Waals surface area contributed by atoms with Gasteiger partial charge < -0.3 is 16.0 Å². The molecule has 3 rings (SSSR count). The first-order chi connectivity index (χ1) is 11.6. The molecule has 122 valence electrons. The predicted molar refractivity (Wildman–Crippen MR) is 92.8 cm³/mol. The molecule has 3 N–H and O–H groups in total. The SMILES string of the molecule is O=C(Nc1cccc(C2=CCCN2)c1)Nc1cccc([N+](=O)[O-])c1. The minimum absolute atomic E-state index is 0.0750. The zero-order valence-electron chi connectivity index (χ0n) is 12.8. The fourth-order valence-corrected chi connectivity index (χ4v) is 2.47. The minimum Gasteiger partial charge on any atom is -0.385 e. The van der Waals surface area contributed by atoms with Crippen molar-refractivity contribution in [3.8, 4) is 0 Å². The van der Waals surface area contributed by atoms with Gasteiger partial charge in [0.15, 0.2) is 0 Å². The van der Waals surface area contributed by atoms with Gasteiger partial charge in [-0.1, -0.05) is 24.3 Å². The summed E-state index contributed by atoms with van der Waals surface area (Å²) in [6, 6.07) is 12.8. The third-order valence-corrected chi connectivity index (χ3v) is 3.55. The first kappa shape index (κ1) is 15.5. The number of nitro groups is 1. The third-order valence-electron chi connectivity index (χ3n) is 3.55. The molecule has 0 radical (unpaired) electrons. The number of nitrogens with zero attached hydrogens (tertiary/aromatic N) is 1. The predicted octanol–water partition coefficient (Wildman–Crippen LogP) is 3.57. The number of urea groups is 1. The van der Waals surface area contributed by atoms with Crippen molar-refractivity contribution in [3.63, 3.8) is 0 Å². The first-order valence-electron chi connectivity index (χ1n) is 7.49. The molecule has 7 nitrogen and oxygen atoms in total. The van der Waals surface area contributed by atoms with Crippen molar-refractivity contribution in [1.82, 2.24) is 5.32 Å². The van der Waals surface area contributed by atoms with Crippen molar-refractivity contribution < 1.29 is 9.72 Å². The van der Waals surface area contributed by atoms with E-state index in [1.54, 1.807) is 12.1 Å². The molecule has 0 fully saturated rings. The van der Waals surface area contributed by atoms with E-state index in [4.69, 9.17) is 0 Å². The van der Waals surface area contributed by atoms with Gasteiger partial charge in [-0.05, 0) is 30.2 Å². The molecule has 1 aliphatic rings. The molecule has 7 heteroatoms. The molecule has 0 aliphatic carbocycles. The number of hydrogen-bond donors (Lipinski definition) is 3. The lowest BCUT2D eigenvalue weighted by atomic mass is 10.1. The quantitative estimate of drug-likeness (QED) is 0.591. The van der Waals surface area contributed by atoms with Crippen LogP contribution in [-0.2, 0) is 0 Å². The van der Waals surface area contributed by atoms with Crippen LogP contribution in [0.5, 0.6) is 0 Å². The summed E-state index contributed by atoms with van der Waals surface area (Å²) in [5, 5.41) is 19.4. The van der Waals surface area contributed by atoms with Gasteiger partial charge in [-0.25, -0.2) is 4.79 Å². The van der Waals surface area contributed by atoms with Crippen molar-refractivity contribution >= 4 is 28.8 Å². The van der Waals surface area contributed by atoms with E-state index in [-0.39, 0.29) is 5.69 Å². The third kappa shape index (κ3) is 3.70. The fourth-order valence-electron chi connectivity index (χ4n) is 2.47. The number of carbonyl (C=O) groups excluding carboxylic acids is 1. The van der Waals surface area contributed by atoms with Gasteiger partial charge in [-0.15, -0.1) is 0 Å². The number of rotatable bonds is 4. The number of carbonyl (C=O) groups is 1. The molecular formula is C17H16N4O3. The van der Waals surface area contributed by atoms with Crippen LogP contribution in [-0.4, -0.2) is 17.5 Å². The van der Waals surface area contributed by atoms with Crippen LogP contribution in [0.25, 0.3) is 5.70 Å². The largest absolute Gasteiger partial charge is 0.385 e. The maximum absolute atomic E-state index is 12.1. The van der Waals surface area contributed by atoms with Crippen LogP contribution in [0.1, 0.15) is 12.0 Å². The smallest absolute Gasteiger partial charge is 0.323 e. The summed E-state index contributed by atoms with van der Waals surface area (Å²) < 4.78 is 0. The zero-order chi connectivity index (χ0) is 16.9. The monoisotopic (exact) mass is 324 g/mol. The van der Waals surface area contributed by atoms with Crippen molar-refractivity contribution in [3.05, 3.63) is 70.3 Å². The van der Waals surface area contributed by atoms with Gasteiger partial charge in [0.25, 0.3) is 5.69 Å². The lowest BCUT2D eigenvalue weighted by Crippen LogP contribution is -2.19. The molecule has 1 heterocycles. The minimum atomic E-state index is -0.505. The van der Waals surface area contributed by atoms with E-state index >= 15 is 0 Å². The lowest BCUT2D eigenvalue weighted by molar-refractivity contribution is -0.384. The molecule has 0 atom stereocenters. The summed E-state index contributed by atoms with van der Waals surface area (Å²) in [6.07, 6.45) is 3.10. The Bertz CT molecular complexity index is 817. The summed E-state index contributed by atoms with van der Waals surface area (Å²) >= 11 is 0. The Hall–Kier alpha value is -3.35. The van der Waals surface area contributed by atoms with E-state index in [0.717, 1.165) is 24.2 Å². The molecule has 0 saturated heterocycles. The maximum Gasteiger partial charge on any atom is 0.323 e. The van der Waals surface area contributed by atoms with Crippen molar-refractivity contribution in [1.29, 1.82) is 0 Å². The Balaban J connectivity index is 1.68. The van der Waals surface area contributed by atoms with Gasteiger partial charge in [0.2, 0.25) is 0 Å². The molecule has 2 aromatic carbocycles. The van der Waals surface area contributed by atoms with E-state index in [2.05, 4.69) is 22.0 Å². The van der Waals surface area contributed by atoms with Crippen LogP contribution in [0, 0.1) is 10.1 Å². The second-order valence-electron chi connectivity index (χ2n) is 5.30. The fraction of sp³-hybridized carbons (Fsp3) is 0.118. The molecule has 24 heavy (non-hydrogen) atoms. The van der Waals surface area contributed by atoms with Crippen molar-refractivity contribution in [2.75, 3.05) is 17.2 Å². The molecule has 0 unspecified atom stereocenters. The highest BCUT2D eigenvalue weighted by atomic mass is 16.6. The van der Waals surface area contributed by atoms with Crippen LogP contribution in [0.4, 0.5) is 21.9 Å². The van der Waals surface area contributed by atoms with Gasteiger partial charge in [-0.3, -0.25) is 10.1 Å². The first-order valence-corrected chi connectivity index (χ1v) is 7.49. The number of nitro benzene ring substituents is 1. The number of hydrogen-bond acceptors (Lipinski definition) is 4. The van der Waals surface area contributed by atoms with Crippen LogP contribution in [0.15, 0.2) is 54.6 Å². The molecule has 0 spiro atoms. The van der Waals surface area contributed by atoms with E-state index in [0.29, 0.717) is 11.4 Å². The van der Waals surface area contributed by atoms with Gasteiger partial charge in [0.05, 0.1) is 4.92 Å². The highest BCUT2D eigenvalue weighted by Crippen LogP contribution is 2.21. The Morgan fingerprint density at radius 2 is 1.79 bits per heavy atom. The Labute approximate surface area is 138 Å². The zero-order valence-corrected chi connectivity index (χ0v) is 12.8. The maximum atomic E-state index is 12.1. The van der Waals surface area contributed by atoms with Gasteiger partial charge in [0.1, 0.15) is 0 Å². The highest BCUT2D eigenvalue weighted by Gasteiger charge is 2.10. The molecule has 0 bridgehead atoms. The van der Waals surface area contributed by atoms with E-state index in [1.165, 1.54) is 18.2 Å². The number of amides is 2. The second-order valence-corrected chi connectivity index (χ2v) is 5.30. The number of nitrogens with one attached hydrogen (secondary N) is 3. The molecular weight excluding hydrogens is 308 g/mol. The normalized spacial score (nSPS) is 12.9. The topological polar surface area (TPSA) is 96.3 Å². The average Bonchev–Trinajstić information content (AvgIpc) is 3.09. The van der Waals surface area contributed by atoms with Crippen molar-refractivity contribution in [2.24, 2.45) is 0 Å². The van der Waals surface area contributed by atoms with E-state index < -0.39 is 11.0 Å². The molecule has 2 aromatic rings. The summed E-state index contributed by atoms with van der Waals surface area (Å²) in [5.74, 6) is 0. The number of benzene rings is 2. The summed E-state index contributed by atoms with van der Waals surface area (Å²) in [5.41, 5.74) is 2.98. The van der Waals surface area contributed by atoms with Crippen LogP contribution >= 0.6 is 0 Å². The summed E-state index contributed by atoms with van der Waals surface area (Å²) in [6.45, 7) is 0.917. The van der Waals surface area contributed by atoms with Crippen LogP contribution in [0.2, 0.25) is 0 Å². The molecule has 0 aromatic heterocycles. The van der Waals surface area contributed by atoms with Gasteiger partial charge >= 0.3 is 6.03 Å². The summed E-state index contributed by atoms with van der Waals surface area (Å²) in [7, 11) is 0. The van der Waals surface area contributed by atoms with Crippen LogP contribution < -0.4 is 16.0 Å². The molecule has 2 amide bonds. The average molecular weight is 324 g/mol. The Morgan fingerprint density at radius 1 is 1.08 bits per heavy atom. The highest BCUT2D eigenvalue weighted by molar-refractivity contribution is 6.00.